The summed E-state index contributed by atoms with van der Waals surface area (Å²) in [4.78, 5) is 0. The summed E-state index contributed by atoms with van der Waals surface area (Å²) in [5, 5.41) is 6.78. The minimum atomic E-state index is 0.515. The van der Waals surface area contributed by atoms with Gasteiger partial charge in [-0.2, -0.15) is 5.10 Å². The highest BCUT2D eigenvalue weighted by molar-refractivity contribution is 5.77. The Hall–Kier alpha value is -1.77. The highest BCUT2D eigenvalue weighted by Crippen LogP contribution is 2.32. The molecule has 3 N–H and O–H groups in total. The van der Waals surface area contributed by atoms with Gasteiger partial charge >= 0.3 is 0 Å². The lowest BCUT2D eigenvalue weighted by molar-refractivity contribution is 0.864. The number of hydrogen-bond donors (Lipinski definition) is 2. The highest BCUT2D eigenvalue weighted by atomic mass is 15.1. The van der Waals surface area contributed by atoms with Gasteiger partial charge in [0.2, 0.25) is 0 Å². The third-order valence-electron chi connectivity index (χ3n) is 3.32. The molecule has 0 aliphatic heterocycles. The highest BCUT2D eigenvalue weighted by Gasteiger charge is 2.12. The first-order valence-corrected chi connectivity index (χ1v) is 5.91. The van der Waals surface area contributed by atoms with Crippen LogP contribution in [0.5, 0.6) is 0 Å². The van der Waals surface area contributed by atoms with E-state index in [1.807, 2.05) is 0 Å². The summed E-state index contributed by atoms with van der Waals surface area (Å²) in [6, 6.07) is 4.47. The van der Waals surface area contributed by atoms with Crippen LogP contribution < -0.4 is 5.73 Å². The quantitative estimate of drug-likeness (QED) is 0.829. The lowest BCUT2D eigenvalue weighted by Crippen LogP contribution is -1.96. The van der Waals surface area contributed by atoms with Crippen molar-refractivity contribution in [2.45, 2.75) is 33.6 Å². The molecule has 0 saturated heterocycles. The Morgan fingerprint density at radius 3 is 2.41 bits per heavy atom. The average Bonchev–Trinajstić information content (AvgIpc) is 2.68. The van der Waals surface area contributed by atoms with Crippen LogP contribution in [-0.4, -0.2) is 10.2 Å². The van der Waals surface area contributed by atoms with Crippen molar-refractivity contribution in [1.29, 1.82) is 0 Å². The predicted octanol–water partition coefficient (Wildman–Crippen LogP) is 3.40. The van der Waals surface area contributed by atoms with E-state index in [0.717, 1.165) is 5.56 Å². The largest absolute Gasteiger partial charge is 0.384 e. The summed E-state index contributed by atoms with van der Waals surface area (Å²) >= 11 is 0. The van der Waals surface area contributed by atoms with E-state index in [1.54, 1.807) is 6.20 Å². The molecule has 90 valence electrons. The van der Waals surface area contributed by atoms with E-state index >= 15 is 0 Å². The van der Waals surface area contributed by atoms with Gasteiger partial charge in [-0.1, -0.05) is 26.0 Å². The Kier molecular flexibility index (Phi) is 2.92. The molecule has 3 heteroatoms. The summed E-state index contributed by atoms with van der Waals surface area (Å²) in [6.45, 7) is 8.67. The monoisotopic (exact) mass is 229 g/mol. The fourth-order valence-corrected chi connectivity index (χ4v) is 2.01. The standard InChI is InChI=1S/C14H19N3/c1-8(2)11-5-9(3)10(4)12(6-11)13-7-16-17-14(13)15/h5-8H,1-4H3,(H3,15,16,17). The molecule has 0 aliphatic rings. The molecular formula is C14H19N3. The third kappa shape index (κ3) is 2.05. The van der Waals surface area contributed by atoms with Crippen LogP contribution in [0.15, 0.2) is 18.3 Å². The van der Waals surface area contributed by atoms with Crippen molar-refractivity contribution in [2.75, 3.05) is 5.73 Å². The topological polar surface area (TPSA) is 54.7 Å². The Bertz CT molecular complexity index is 538. The van der Waals surface area contributed by atoms with Gasteiger partial charge in [-0.25, -0.2) is 0 Å². The average molecular weight is 229 g/mol. The molecule has 1 aromatic heterocycles. The van der Waals surface area contributed by atoms with Gasteiger partial charge in [0.1, 0.15) is 5.82 Å². The molecule has 0 atom stereocenters. The summed E-state index contributed by atoms with van der Waals surface area (Å²) in [7, 11) is 0. The maximum Gasteiger partial charge on any atom is 0.126 e. The number of nitrogens with one attached hydrogen (secondary N) is 1. The first-order chi connectivity index (χ1) is 8.00. The van der Waals surface area contributed by atoms with Crippen molar-refractivity contribution < 1.29 is 0 Å². The molecule has 17 heavy (non-hydrogen) atoms. The van der Waals surface area contributed by atoms with E-state index in [9.17, 15) is 0 Å². The summed E-state index contributed by atoms with van der Waals surface area (Å²) in [5.74, 6) is 1.15. The van der Waals surface area contributed by atoms with Crippen LogP contribution in [0.25, 0.3) is 11.1 Å². The summed E-state index contributed by atoms with van der Waals surface area (Å²) in [5.41, 5.74) is 12.0. The molecule has 0 aliphatic carbocycles. The molecule has 0 fully saturated rings. The van der Waals surface area contributed by atoms with Gasteiger partial charge in [-0.3, -0.25) is 5.10 Å². The van der Waals surface area contributed by atoms with Crippen molar-refractivity contribution in [2.24, 2.45) is 0 Å². The minimum absolute atomic E-state index is 0.515. The van der Waals surface area contributed by atoms with E-state index in [0.29, 0.717) is 11.7 Å². The van der Waals surface area contributed by atoms with Crippen LogP contribution >= 0.6 is 0 Å². The van der Waals surface area contributed by atoms with Gasteiger partial charge < -0.3 is 5.73 Å². The Balaban J connectivity index is 2.65. The van der Waals surface area contributed by atoms with Gasteiger partial charge in [0.15, 0.2) is 0 Å². The van der Waals surface area contributed by atoms with E-state index < -0.39 is 0 Å². The maximum absolute atomic E-state index is 5.90. The minimum Gasteiger partial charge on any atom is -0.384 e. The maximum atomic E-state index is 5.90. The molecule has 3 nitrogen and oxygen atoms in total. The van der Waals surface area contributed by atoms with Gasteiger partial charge in [0.25, 0.3) is 0 Å². The third-order valence-corrected chi connectivity index (χ3v) is 3.32. The molecule has 2 rings (SSSR count). The first-order valence-electron chi connectivity index (χ1n) is 5.91. The zero-order valence-corrected chi connectivity index (χ0v) is 10.8. The molecule has 0 radical (unpaired) electrons. The van der Waals surface area contributed by atoms with Crippen molar-refractivity contribution in [3.63, 3.8) is 0 Å². The molecule has 2 aromatic rings. The Morgan fingerprint density at radius 1 is 1.18 bits per heavy atom. The zero-order chi connectivity index (χ0) is 12.6. The molecule has 1 heterocycles. The summed E-state index contributed by atoms with van der Waals surface area (Å²) in [6.07, 6.45) is 1.79. The SMILES string of the molecule is Cc1cc(C(C)C)cc(-c2cn[nH]c2N)c1C. The molecule has 0 spiro atoms. The molecule has 0 amide bonds. The predicted molar refractivity (Wildman–Crippen MR) is 72.0 cm³/mol. The van der Waals surface area contributed by atoms with E-state index in [2.05, 4.69) is 50.0 Å². The normalized spacial score (nSPS) is 11.1. The van der Waals surface area contributed by atoms with Gasteiger partial charge in [-0.15, -0.1) is 0 Å². The van der Waals surface area contributed by atoms with Crippen LogP contribution in [-0.2, 0) is 0 Å². The molecule has 1 aromatic carbocycles. The fraction of sp³-hybridized carbons (Fsp3) is 0.357. The van der Waals surface area contributed by atoms with E-state index in [-0.39, 0.29) is 0 Å². The number of rotatable bonds is 2. The number of aryl methyl sites for hydroxylation is 1. The second-order valence-corrected chi connectivity index (χ2v) is 4.86. The number of nitrogen functional groups attached to an aromatic ring is 1. The number of hydrogen-bond acceptors (Lipinski definition) is 2. The Morgan fingerprint density at radius 2 is 1.88 bits per heavy atom. The van der Waals surface area contributed by atoms with Crippen LogP contribution in [0.3, 0.4) is 0 Å². The molecule has 0 bridgehead atoms. The van der Waals surface area contributed by atoms with E-state index in [1.165, 1.54) is 22.3 Å². The zero-order valence-electron chi connectivity index (χ0n) is 10.8. The van der Waals surface area contributed by atoms with E-state index in [4.69, 9.17) is 5.73 Å². The number of aromatic amines is 1. The van der Waals surface area contributed by atoms with Crippen LogP contribution in [0.4, 0.5) is 5.82 Å². The second kappa shape index (κ2) is 4.24. The number of nitrogens with two attached hydrogens (primary N) is 1. The number of anilines is 1. The Labute approximate surface area is 102 Å². The number of nitrogens with zero attached hydrogens (tertiary/aromatic N) is 1. The van der Waals surface area contributed by atoms with Crippen LogP contribution in [0, 0.1) is 13.8 Å². The molecule has 0 saturated carbocycles. The smallest absolute Gasteiger partial charge is 0.126 e. The van der Waals surface area contributed by atoms with Gasteiger partial charge in [0, 0.05) is 5.56 Å². The van der Waals surface area contributed by atoms with Crippen molar-refractivity contribution in [3.05, 3.63) is 35.0 Å². The van der Waals surface area contributed by atoms with Gasteiger partial charge in [-0.05, 0) is 42.0 Å². The van der Waals surface area contributed by atoms with Crippen LogP contribution in [0.1, 0.15) is 36.5 Å². The van der Waals surface area contributed by atoms with Crippen molar-refractivity contribution in [1.82, 2.24) is 10.2 Å². The lowest BCUT2D eigenvalue weighted by atomic mass is 9.91. The molecule has 0 unspecified atom stereocenters. The van der Waals surface area contributed by atoms with Crippen molar-refractivity contribution in [3.8, 4) is 11.1 Å². The fourth-order valence-electron chi connectivity index (χ4n) is 2.01. The number of H-pyrrole nitrogens is 1. The summed E-state index contributed by atoms with van der Waals surface area (Å²) < 4.78 is 0. The lowest BCUT2D eigenvalue weighted by Gasteiger charge is -2.13. The van der Waals surface area contributed by atoms with Crippen LogP contribution in [0.2, 0.25) is 0 Å². The second-order valence-electron chi connectivity index (χ2n) is 4.86. The van der Waals surface area contributed by atoms with Crippen molar-refractivity contribution >= 4 is 5.82 Å². The number of aromatic nitrogens is 2. The first kappa shape index (κ1) is 11.7. The number of benzene rings is 1. The molecular weight excluding hydrogens is 210 g/mol. The van der Waals surface area contributed by atoms with Gasteiger partial charge in [0.05, 0.1) is 6.20 Å².